The van der Waals surface area contributed by atoms with Gasteiger partial charge in [0.2, 0.25) is 10.0 Å². The van der Waals surface area contributed by atoms with E-state index in [1.54, 1.807) is 16.4 Å². The van der Waals surface area contributed by atoms with Crippen LogP contribution in [0.2, 0.25) is 0 Å². The predicted molar refractivity (Wildman–Crippen MR) is 99.4 cm³/mol. The molecule has 23 heavy (non-hydrogen) atoms. The van der Waals surface area contributed by atoms with E-state index in [1.807, 2.05) is 31.2 Å². The molecule has 1 aliphatic rings. The van der Waals surface area contributed by atoms with Crippen molar-refractivity contribution in [2.24, 2.45) is 11.1 Å². The number of benzene rings is 2. The van der Waals surface area contributed by atoms with Gasteiger partial charge in [0.25, 0.3) is 0 Å². The largest absolute Gasteiger partial charge is 0.330 e. The Balaban J connectivity index is 0.00000192. The van der Waals surface area contributed by atoms with Gasteiger partial charge in [0.15, 0.2) is 0 Å². The second-order valence-corrected chi connectivity index (χ2v) is 9.11. The lowest BCUT2D eigenvalue weighted by molar-refractivity contribution is 0.349. The molecule has 0 bridgehead atoms. The summed E-state index contributed by atoms with van der Waals surface area (Å²) >= 11 is 3.43. The van der Waals surface area contributed by atoms with Gasteiger partial charge in [-0.1, -0.05) is 35.0 Å². The zero-order chi connectivity index (χ0) is 16.0. The summed E-state index contributed by atoms with van der Waals surface area (Å²) in [7, 11) is -3.46. The van der Waals surface area contributed by atoms with Gasteiger partial charge in [-0.25, -0.2) is 8.42 Å². The van der Waals surface area contributed by atoms with Crippen molar-refractivity contribution < 1.29 is 8.42 Å². The van der Waals surface area contributed by atoms with Crippen molar-refractivity contribution in [3.05, 3.63) is 40.9 Å². The van der Waals surface area contributed by atoms with Crippen LogP contribution in [0.15, 0.2) is 45.8 Å². The van der Waals surface area contributed by atoms with Crippen LogP contribution in [0.25, 0.3) is 10.8 Å². The molecule has 0 saturated carbocycles. The van der Waals surface area contributed by atoms with Crippen LogP contribution in [0.5, 0.6) is 0 Å². The average molecular weight is 420 g/mol. The topological polar surface area (TPSA) is 63.4 Å². The van der Waals surface area contributed by atoms with Crippen molar-refractivity contribution in [1.82, 2.24) is 4.31 Å². The van der Waals surface area contributed by atoms with Crippen LogP contribution in [0.1, 0.15) is 13.3 Å². The fourth-order valence-corrected chi connectivity index (χ4v) is 4.86. The Morgan fingerprint density at radius 2 is 1.87 bits per heavy atom. The van der Waals surface area contributed by atoms with Gasteiger partial charge in [0.05, 0.1) is 4.90 Å². The molecule has 2 N–H and O–H groups in total. The van der Waals surface area contributed by atoms with Crippen molar-refractivity contribution in [3.63, 3.8) is 0 Å². The monoisotopic (exact) mass is 418 g/mol. The van der Waals surface area contributed by atoms with Crippen molar-refractivity contribution in [2.75, 3.05) is 19.6 Å². The highest BCUT2D eigenvalue weighted by molar-refractivity contribution is 9.10. The molecule has 2 aromatic rings. The van der Waals surface area contributed by atoms with Crippen LogP contribution in [-0.4, -0.2) is 32.4 Å². The molecule has 1 atom stereocenters. The summed E-state index contributed by atoms with van der Waals surface area (Å²) in [6.07, 6.45) is 0.809. The van der Waals surface area contributed by atoms with Crippen LogP contribution < -0.4 is 5.73 Å². The van der Waals surface area contributed by atoms with Gasteiger partial charge in [-0.15, -0.1) is 12.4 Å². The summed E-state index contributed by atoms with van der Waals surface area (Å²) in [5, 5.41) is 1.94. The van der Waals surface area contributed by atoms with Crippen molar-refractivity contribution in [1.29, 1.82) is 0 Å². The number of nitrogens with two attached hydrogens (primary N) is 1. The Kier molecular flexibility index (Phi) is 5.43. The lowest BCUT2D eigenvalue weighted by Crippen LogP contribution is -2.34. The summed E-state index contributed by atoms with van der Waals surface area (Å²) in [5.74, 6) is 0. The second-order valence-electron chi connectivity index (χ2n) is 6.26. The standard InChI is InChI=1S/C16H19BrN2O2S.ClH/c1-16(10-18)6-7-19(11-16)22(20,21)15-5-3-12-8-14(17)4-2-13(12)9-15;/h2-5,8-9H,6-7,10-11,18H2,1H3;1H. The van der Waals surface area contributed by atoms with Crippen molar-refractivity contribution in [3.8, 4) is 0 Å². The Morgan fingerprint density at radius 1 is 1.22 bits per heavy atom. The van der Waals surface area contributed by atoms with Crippen molar-refractivity contribution >= 4 is 49.1 Å². The normalized spacial score (nSPS) is 22.2. The molecule has 126 valence electrons. The van der Waals surface area contributed by atoms with E-state index in [9.17, 15) is 8.42 Å². The Hall–Kier alpha value is -0.660. The maximum Gasteiger partial charge on any atom is 0.243 e. The van der Waals surface area contributed by atoms with E-state index in [4.69, 9.17) is 5.73 Å². The minimum Gasteiger partial charge on any atom is -0.330 e. The van der Waals surface area contributed by atoms with Crippen LogP contribution in [0, 0.1) is 5.41 Å². The van der Waals surface area contributed by atoms with E-state index >= 15 is 0 Å². The van der Waals surface area contributed by atoms with Gasteiger partial charge in [0, 0.05) is 17.6 Å². The summed E-state index contributed by atoms with van der Waals surface area (Å²) in [6.45, 7) is 3.57. The molecule has 1 fully saturated rings. The quantitative estimate of drug-likeness (QED) is 0.829. The van der Waals surface area contributed by atoms with Gasteiger partial charge in [-0.2, -0.15) is 4.31 Å². The van der Waals surface area contributed by atoms with E-state index in [2.05, 4.69) is 15.9 Å². The molecule has 1 heterocycles. The van der Waals surface area contributed by atoms with E-state index in [0.717, 1.165) is 21.7 Å². The molecule has 1 unspecified atom stereocenters. The molecule has 0 radical (unpaired) electrons. The first-order valence-corrected chi connectivity index (χ1v) is 9.47. The highest BCUT2D eigenvalue weighted by atomic mass is 79.9. The van der Waals surface area contributed by atoms with Gasteiger partial charge >= 0.3 is 0 Å². The third-order valence-electron chi connectivity index (χ3n) is 4.43. The zero-order valence-corrected chi connectivity index (χ0v) is 16.0. The minimum atomic E-state index is -3.46. The SMILES string of the molecule is CC1(CN)CCN(S(=O)(=O)c2ccc3cc(Br)ccc3c2)C1.Cl. The van der Waals surface area contributed by atoms with E-state index in [-0.39, 0.29) is 17.8 Å². The zero-order valence-electron chi connectivity index (χ0n) is 12.8. The summed E-state index contributed by atoms with van der Waals surface area (Å²) in [4.78, 5) is 0.351. The maximum absolute atomic E-state index is 12.8. The number of halogens is 2. The molecule has 0 aliphatic carbocycles. The van der Waals surface area contributed by atoms with Gasteiger partial charge in [-0.3, -0.25) is 0 Å². The molecule has 0 spiro atoms. The number of sulfonamides is 1. The Morgan fingerprint density at radius 3 is 2.52 bits per heavy atom. The molecule has 4 nitrogen and oxygen atoms in total. The molecule has 3 rings (SSSR count). The second kappa shape index (κ2) is 6.69. The lowest BCUT2D eigenvalue weighted by Gasteiger charge is -2.22. The number of nitrogens with zero attached hydrogens (tertiary/aromatic N) is 1. The highest BCUT2D eigenvalue weighted by Gasteiger charge is 2.38. The first-order chi connectivity index (χ1) is 10.3. The fourth-order valence-electron chi connectivity index (χ4n) is 2.85. The first kappa shape index (κ1) is 18.7. The molecule has 0 amide bonds. The molecule has 1 aliphatic heterocycles. The molecular formula is C16H20BrClN2O2S. The van der Waals surface area contributed by atoms with Gasteiger partial charge < -0.3 is 5.73 Å². The van der Waals surface area contributed by atoms with Crippen LogP contribution in [0.4, 0.5) is 0 Å². The van der Waals surface area contributed by atoms with E-state index in [0.29, 0.717) is 24.5 Å². The van der Waals surface area contributed by atoms with Crippen LogP contribution >= 0.6 is 28.3 Å². The summed E-state index contributed by atoms with van der Waals surface area (Å²) < 4.78 is 28.2. The molecule has 7 heteroatoms. The summed E-state index contributed by atoms with van der Waals surface area (Å²) in [6, 6.07) is 11.1. The fraction of sp³-hybridized carbons (Fsp3) is 0.375. The maximum atomic E-state index is 12.8. The third kappa shape index (κ3) is 3.56. The van der Waals surface area contributed by atoms with Crippen LogP contribution in [-0.2, 0) is 10.0 Å². The average Bonchev–Trinajstić information content (AvgIpc) is 2.90. The molecule has 1 saturated heterocycles. The van der Waals surface area contributed by atoms with E-state index in [1.165, 1.54) is 0 Å². The van der Waals surface area contributed by atoms with E-state index < -0.39 is 10.0 Å². The minimum absolute atomic E-state index is 0. The van der Waals surface area contributed by atoms with Gasteiger partial charge in [-0.05, 0) is 53.4 Å². The first-order valence-electron chi connectivity index (χ1n) is 7.24. The molecule has 2 aromatic carbocycles. The van der Waals surface area contributed by atoms with Gasteiger partial charge in [0.1, 0.15) is 0 Å². The third-order valence-corrected chi connectivity index (χ3v) is 6.76. The summed E-state index contributed by atoms with van der Waals surface area (Å²) in [5.41, 5.74) is 5.66. The molecular weight excluding hydrogens is 400 g/mol. The number of hydrogen-bond acceptors (Lipinski definition) is 3. The number of rotatable bonds is 3. The number of fused-ring (bicyclic) bond motifs is 1. The number of hydrogen-bond donors (Lipinski definition) is 1. The van der Waals surface area contributed by atoms with Crippen molar-refractivity contribution in [2.45, 2.75) is 18.2 Å². The highest BCUT2D eigenvalue weighted by Crippen LogP contribution is 2.33. The van der Waals surface area contributed by atoms with Crippen LogP contribution in [0.3, 0.4) is 0 Å². The smallest absolute Gasteiger partial charge is 0.243 e. The lowest BCUT2D eigenvalue weighted by atomic mass is 9.90. The predicted octanol–water partition coefficient (Wildman–Crippen LogP) is 3.38. The Bertz CT molecular complexity index is 828. The molecule has 0 aromatic heterocycles. The Labute approximate surface area is 151 Å².